The average molecular weight is 403 g/mol. The molecule has 0 saturated carbocycles. The first kappa shape index (κ1) is 17.5. The topological polar surface area (TPSA) is 44.8 Å². The van der Waals surface area contributed by atoms with Crippen molar-refractivity contribution in [2.75, 3.05) is 18.7 Å². The summed E-state index contributed by atoms with van der Waals surface area (Å²) in [7, 11) is 0. The first-order chi connectivity index (χ1) is 12.3. The van der Waals surface area contributed by atoms with E-state index < -0.39 is 0 Å². The first-order valence-corrected chi connectivity index (χ1v) is 9.29. The number of benzene rings is 2. The summed E-state index contributed by atoms with van der Waals surface area (Å²) in [5.74, 6) is 2.09. The van der Waals surface area contributed by atoms with Crippen LogP contribution in [0.25, 0.3) is 6.08 Å². The minimum atomic E-state index is -0.0661. The van der Waals surface area contributed by atoms with Gasteiger partial charge in [0, 0.05) is 10.9 Å². The van der Waals surface area contributed by atoms with Gasteiger partial charge in [-0.1, -0.05) is 40.2 Å². The highest BCUT2D eigenvalue weighted by molar-refractivity contribution is 9.09. The molecule has 1 heterocycles. The van der Waals surface area contributed by atoms with Crippen LogP contribution < -0.4 is 14.2 Å². The normalized spacial score (nSPS) is 12.5. The van der Waals surface area contributed by atoms with Crippen LogP contribution in [0.1, 0.15) is 28.8 Å². The Morgan fingerprint density at radius 3 is 2.88 bits per heavy atom. The average Bonchev–Trinajstić information content (AvgIpc) is 3.11. The largest absolute Gasteiger partial charge is 0.494 e. The third-order valence-corrected chi connectivity index (χ3v) is 4.30. The Morgan fingerprint density at radius 2 is 2.00 bits per heavy atom. The number of alkyl halides is 1. The van der Waals surface area contributed by atoms with Crippen molar-refractivity contribution in [1.29, 1.82) is 0 Å². The third kappa shape index (κ3) is 4.86. The van der Waals surface area contributed by atoms with Gasteiger partial charge in [-0.3, -0.25) is 4.79 Å². The molecule has 2 aromatic carbocycles. The molecular weight excluding hydrogens is 384 g/mol. The van der Waals surface area contributed by atoms with E-state index in [0.29, 0.717) is 17.9 Å². The van der Waals surface area contributed by atoms with Gasteiger partial charge >= 0.3 is 0 Å². The highest BCUT2D eigenvalue weighted by Crippen LogP contribution is 2.32. The molecular formula is C20H19BrO4. The standard InChI is InChI=1S/C20H19BrO4/c21-10-1-2-11-23-17-5-3-4-16(13-17)18(22)8-6-15-7-9-19-20(12-15)25-14-24-19/h3-9,12-13H,1-2,10-11,14H2/b8-6+. The van der Waals surface area contributed by atoms with E-state index >= 15 is 0 Å². The summed E-state index contributed by atoms with van der Waals surface area (Å²) in [4.78, 5) is 12.4. The van der Waals surface area contributed by atoms with E-state index in [1.807, 2.05) is 30.3 Å². The van der Waals surface area contributed by atoms with Gasteiger partial charge in [0.05, 0.1) is 6.61 Å². The fourth-order valence-corrected chi connectivity index (χ4v) is 2.81. The lowest BCUT2D eigenvalue weighted by Crippen LogP contribution is -2.00. The van der Waals surface area contributed by atoms with Gasteiger partial charge in [0.25, 0.3) is 0 Å². The maximum absolute atomic E-state index is 12.4. The van der Waals surface area contributed by atoms with Gasteiger partial charge in [0.15, 0.2) is 17.3 Å². The predicted octanol–water partition coefficient (Wildman–Crippen LogP) is 4.87. The molecule has 0 aromatic heterocycles. The van der Waals surface area contributed by atoms with Gasteiger partial charge in [-0.2, -0.15) is 0 Å². The number of hydrogen-bond acceptors (Lipinski definition) is 4. The van der Waals surface area contributed by atoms with Crippen molar-refractivity contribution in [1.82, 2.24) is 0 Å². The van der Waals surface area contributed by atoms with Crippen LogP contribution in [0.5, 0.6) is 17.2 Å². The van der Waals surface area contributed by atoms with Gasteiger partial charge < -0.3 is 14.2 Å². The number of halogens is 1. The number of carbonyl (C=O) groups excluding carboxylic acids is 1. The molecule has 0 radical (unpaired) electrons. The van der Waals surface area contributed by atoms with Crippen molar-refractivity contribution < 1.29 is 19.0 Å². The molecule has 0 spiro atoms. The van der Waals surface area contributed by atoms with Crippen LogP contribution in [0.2, 0.25) is 0 Å². The number of unbranched alkanes of at least 4 members (excludes halogenated alkanes) is 1. The lowest BCUT2D eigenvalue weighted by Gasteiger charge is -2.06. The van der Waals surface area contributed by atoms with E-state index in [2.05, 4.69) is 15.9 Å². The molecule has 5 heteroatoms. The van der Waals surface area contributed by atoms with Crippen LogP contribution in [-0.4, -0.2) is 24.5 Å². The fraction of sp³-hybridized carbons (Fsp3) is 0.250. The molecule has 0 amide bonds. The number of hydrogen-bond donors (Lipinski definition) is 0. The summed E-state index contributed by atoms with van der Waals surface area (Å²) >= 11 is 3.40. The summed E-state index contributed by atoms with van der Waals surface area (Å²) in [6, 6.07) is 12.9. The molecule has 1 aliphatic heterocycles. The van der Waals surface area contributed by atoms with Crippen molar-refractivity contribution in [2.45, 2.75) is 12.8 Å². The summed E-state index contributed by atoms with van der Waals surface area (Å²) < 4.78 is 16.3. The molecule has 0 bridgehead atoms. The van der Waals surface area contributed by atoms with Crippen molar-refractivity contribution in [2.24, 2.45) is 0 Å². The molecule has 0 aliphatic carbocycles. The van der Waals surface area contributed by atoms with Gasteiger partial charge in [-0.15, -0.1) is 0 Å². The van der Waals surface area contributed by atoms with Gasteiger partial charge in [0.2, 0.25) is 6.79 Å². The Morgan fingerprint density at radius 1 is 1.12 bits per heavy atom. The van der Waals surface area contributed by atoms with E-state index in [-0.39, 0.29) is 12.6 Å². The summed E-state index contributed by atoms with van der Waals surface area (Å²) in [5.41, 5.74) is 1.50. The fourth-order valence-electron chi connectivity index (χ4n) is 2.41. The van der Waals surface area contributed by atoms with E-state index in [9.17, 15) is 4.79 Å². The molecule has 0 saturated heterocycles. The van der Waals surface area contributed by atoms with Gasteiger partial charge in [-0.25, -0.2) is 0 Å². The Labute approximate surface area is 155 Å². The molecule has 3 rings (SSSR count). The smallest absolute Gasteiger partial charge is 0.231 e. The summed E-state index contributed by atoms with van der Waals surface area (Å²) in [6.45, 7) is 0.889. The van der Waals surface area contributed by atoms with Crippen molar-refractivity contribution in [3.05, 3.63) is 59.7 Å². The zero-order valence-corrected chi connectivity index (χ0v) is 15.3. The number of ether oxygens (including phenoxy) is 3. The molecule has 25 heavy (non-hydrogen) atoms. The Bertz CT molecular complexity index is 770. The van der Waals surface area contributed by atoms with Gasteiger partial charge in [0.1, 0.15) is 5.75 Å². The second-order valence-electron chi connectivity index (χ2n) is 5.58. The van der Waals surface area contributed by atoms with Crippen molar-refractivity contribution in [3.63, 3.8) is 0 Å². The van der Waals surface area contributed by atoms with Crippen LogP contribution in [0.3, 0.4) is 0 Å². The molecule has 0 atom stereocenters. The quantitative estimate of drug-likeness (QED) is 0.273. The molecule has 2 aromatic rings. The highest BCUT2D eigenvalue weighted by Gasteiger charge is 2.12. The summed E-state index contributed by atoms with van der Waals surface area (Å²) in [6.07, 6.45) is 5.37. The molecule has 1 aliphatic rings. The van der Waals surface area contributed by atoms with Crippen LogP contribution >= 0.6 is 15.9 Å². The molecule has 0 unspecified atom stereocenters. The minimum Gasteiger partial charge on any atom is -0.494 e. The zero-order chi connectivity index (χ0) is 17.5. The SMILES string of the molecule is O=C(/C=C/c1ccc2c(c1)OCO2)c1cccc(OCCCCBr)c1. The molecule has 0 fully saturated rings. The lowest BCUT2D eigenvalue weighted by molar-refractivity contribution is 0.104. The number of ketones is 1. The minimum absolute atomic E-state index is 0.0661. The van der Waals surface area contributed by atoms with E-state index in [0.717, 1.165) is 35.2 Å². The number of fused-ring (bicyclic) bond motifs is 1. The number of allylic oxidation sites excluding steroid dienone is 1. The Kier molecular flexibility index (Phi) is 6.12. The van der Waals surface area contributed by atoms with Crippen LogP contribution in [-0.2, 0) is 0 Å². The molecule has 130 valence electrons. The van der Waals surface area contributed by atoms with E-state index in [1.165, 1.54) is 0 Å². The maximum atomic E-state index is 12.4. The first-order valence-electron chi connectivity index (χ1n) is 8.17. The van der Waals surface area contributed by atoms with Crippen LogP contribution in [0.4, 0.5) is 0 Å². The zero-order valence-electron chi connectivity index (χ0n) is 13.7. The van der Waals surface area contributed by atoms with Crippen molar-refractivity contribution >= 4 is 27.8 Å². The van der Waals surface area contributed by atoms with Crippen molar-refractivity contribution in [3.8, 4) is 17.2 Å². The van der Waals surface area contributed by atoms with Crippen LogP contribution in [0.15, 0.2) is 48.5 Å². The molecule has 0 N–H and O–H groups in total. The predicted molar refractivity (Wildman–Crippen MR) is 101 cm³/mol. The monoisotopic (exact) mass is 402 g/mol. The van der Waals surface area contributed by atoms with E-state index in [4.69, 9.17) is 14.2 Å². The second-order valence-corrected chi connectivity index (χ2v) is 6.38. The number of carbonyl (C=O) groups is 1. The molecule has 4 nitrogen and oxygen atoms in total. The Hall–Kier alpha value is -2.27. The third-order valence-electron chi connectivity index (χ3n) is 3.74. The Balaban J connectivity index is 1.62. The highest BCUT2D eigenvalue weighted by atomic mass is 79.9. The van der Waals surface area contributed by atoms with E-state index in [1.54, 1.807) is 24.3 Å². The summed E-state index contributed by atoms with van der Waals surface area (Å²) in [5, 5.41) is 0.972. The lowest BCUT2D eigenvalue weighted by atomic mass is 10.1. The number of rotatable bonds is 8. The second kappa shape index (κ2) is 8.72. The van der Waals surface area contributed by atoms with Crippen LogP contribution in [0, 0.1) is 0 Å². The van der Waals surface area contributed by atoms with Gasteiger partial charge in [-0.05, 0) is 48.7 Å². The maximum Gasteiger partial charge on any atom is 0.231 e.